The molecular formula is C19H12Cl2N4O4. The smallest absolute Gasteiger partial charge is 0.322 e. The number of halogens is 2. The summed E-state index contributed by atoms with van der Waals surface area (Å²) < 4.78 is 5.45. The van der Waals surface area contributed by atoms with Gasteiger partial charge in [-0.15, -0.1) is 5.10 Å². The minimum Gasteiger partial charge on any atom is -0.403 e. The molecule has 0 saturated carbocycles. The fourth-order valence-corrected chi connectivity index (χ4v) is 3.23. The largest absolute Gasteiger partial charge is 0.403 e. The fraction of sp³-hybridized carbons (Fsp3) is 0.105. The van der Waals surface area contributed by atoms with Gasteiger partial charge >= 0.3 is 6.01 Å². The van der Waals surface area contributed by atoms with Gasteiger partial charge < -0.3 is 4.42 Å². The van der Waals surface area contributed by atoms with Gasteiger partial charge in [0.05, 0.1) is 16.3 Å². The molecule has 3 amide bonds. The van der Waals surface area contributed by atoms with Crippen LogP contribution in [0.2, 0.25) is 10.0 Å². The predicted octanol–water partition coefficient (Wildman–Crippen LogP) is 3.95. The number of carbonyl (C=O) groups excluding carboxylic acids is 3. The minimum atomic E-state index is -0.543. The summed E-state index contributed by atoms with van der Waals surface area (Å²) in [7, 11) is 0. The van der Waals surface area contributed by atoms with E-state index in [1.807, 2.05) is 0 Å². The van der Waals surface area contributed by atoms with Crippen LogP contribution in [0, 0.1) is 0 Å². The van der Waals surface area contributed by atoms with Crippen molar-refractivity contribution in [2.75, 3.05) is 10.2 Å². The molecule has 1 aliphatic rings. The van der Waals surface area contributed by atoms with E-state index in [1.165, 1.54) is 12.1 Å². The Hall–Kier alpha value is -3.23. The zero-order valence-electron chi connectivity index (χ0n) is 14.7. The van der Waals surface area contributed by atoms with Crippen LogP contribution in [0.1, 0.15) is 23.2 Å². The van der Waals surface area contributed by atoms with Gasteiger partial charge in [-0.3, -0.25) is 24.6 Å². The van der Waals surface area contributed by atoms with E-state index in [0.717, 1.165) is 4.90 Å². The molecular weight excluding hydrogens is 419 g/mol. The van der Waals surface area contributed by atoms with Crippen molar-refractivity contribution in [2.45, 2.75) is 12.8 Å². The summed E-state index contributed by atoms with van der Waals surface area (Å²) in [6, 6.07) is 10.8. The third kappa shape index (κ3) is 3.85. The Kier molecular flexibility index (Phi) is 5.04. The Morgan fingerprint density at radius 3 is 2.55 bits per heavy atom. The Morgan fingerprint density at radius 2 is 1.79 bits per heavy atom. The summed E-state index contributed by atoms with van der Waals surface area (Å²) >= 11 is 12.1. The van der Waals surface area contributed by atoms with Crippen molar-refractivity contribution in [3.05, 3.63) is 58.1 Å². The number of nitrogens with one attached hydrogen (secondary N) is 1. The monoisotopic (exact) mass is 430 g/mol. The number of imide groups is 1. The van der Waals surface area contributed by atoms with E-state index >= 15 is 0 Å². The second-order valence-corrected chi connectivity index (χ2v) is 7.01. The molecule has 1 fully saturated rings. The number of benzene rings is 2. The molecule has 1 N–H and O–H groups in total. The third-order valence-corrected chi connectivity index (χ3v) is 4.79. The summed E-state index contributed by atoms with van der Waals surface area (Å²) in [4.78, 5) is 37.4. The zero-order chi connectivity index (χ0) is 20.5. The first-order chi connectivity index (χ1) is 13.9. The van der Waals surface area contributed by atoms with Crippen LogP contribution < -0.4 is 10.2 Å². The Labute approximate surface area is 174 Å². The highest BCUT2D eigenvalue weighted by atomic mass is 35.5. The maximum Gasteiger partial charge on any atom is 0.322 e. The summed E-state index contributed by atoms with van der Waals surface area (Å²) in [5.41, 5.74) is 0.984. The maximum atomic E-state index is 12.5. The summed E-state index contributed by atoms with van der Waals surface area (Å²) in [5.74, 6) is -1.05. The normalized spacial score (nSPS) is 13.8. The fourth-order valence-electron chi connectivity index (χ4n) is 2.86. The van der Waals surface area contributed by atoms with Crippen molar-refractivity contribution in [3.8, 4) is 11.5 Å². The molecule has 2 heterocycles. The van der Waals surface area contributed by atoms with E-state index in [9.17, 15) is 14.4 Å². The van der Waals surface area contributed by atoms with E-state index in [-0.39, 0.29) is 42.1 Å². The van der Waals surface area contributed by atoms with Crippen LogP contribution in [0.5, 0.6) is 0 Å². The highest BCUT2D eigenvalue weighted by molar-refractivity contribution is 6.35. The van der Waals surface area contributed by atoms with Gasteiger partial charge in [0.15, 0.2) is 0 Å². The number of hydrogen-bond acceptors (Lipinski definition) is 6. The van der Waals surface area contributed by atoms with Gasteiger partial charge in [0.25, 0.3) is 11.8 Å². The molecule has 29 heavy (non-hydrogen) atoms. The van der Waals surface area contributed by atoms with Crippen LogP contribution in [-0.2, 0) is 9.59 Å². The number of nitrogens with zero attached hydrogens (tertiary/aromatic N) is 3. The van der Waals surface area contributed by atoms with Gasteiger partial charge in [0.2, 0.25) is 11.8 Å². The van der Waals surface area contributed by atoms with E-state index in [0.29, 0.717) is 21.3 Å². The summed E-state index contributed by atoms with van der Waals surface area (Å²) in [6.45, 7) is 0. The number of carbonyl (C=O) groups is 3. The first kappa shape index (κ1) is 19.1. The SMILES string of the molecule is O=C(Nc1nnc(-c2cc(Cl)ccc2Cl)o1)c1cccc(N2C(=O)CCC2=O)c1. The van der Waals surface area contributed by atoms with Crippen molar-refractivity contribution < 1.29 is 18.8 Å². The number of amides is 3. The summed E-state index contributed by atoms with van der Waals surface area (Å²) in [6.07, 6.45) is 0.318. The molecule has 146 valence electrons. The first-order valence-electron chi connectivity index (χ1n) is 8.48. The van der Waals surface area contributed by atoms with Crippen LogP contribution in [0.15, 0.2) is 46.9 Å². The van der Waals surface area contributed by atoms with Crippen molar-refractivity contribution in [3.63, 3.8) is 0 Å². The number of hydrogen-bond donors (Lipinski definition) is 1. The number of rotatable bonds is 4. The topological polar surface area (TPSA) is 105 Å². The van der Waals surface area contributed by atoms with Crippen molar-refractivity contribution in [1.82, 2.24) is 10.2 Å². The highest BCUT2D eigenvalue weighted by Gasteiger charge is 2.30. The van der Waals surface area contributed by atoms with Gasteiger partial charge in [0, 0.05) is 23.4 Å². The lowest BCUT2D eigenvalue weighted by Gasteiger charge is -2.14. The lowest BCUT2D eigenvalue weighted by molar-refractivity contribution is -0.121. The molecule has 10 heteroatoms. The Bertz CT molecular complexity index is 1130. The maximum absolute atomic E-state index is 12.5. The molecule has 2 aromatic carbocycles. The molecule has 1 aromatic heterocycles. The Balaban J connectivity index is 1.54. The molecule has 8 nitrogen and oxygen atoms in total. The quantitative estimate of drug-likeness (QED) is 0.628. The summed E-state index contributed by atoms with van der Waals surface area (Å²) in [5, 5.41) is 10.9. The Morgan fingerprint density at radius 1 is 1.03 bits per heavy atom. The second-order valence-electron chi connectivity index (χ2n) is 6.16. The zero-order valence-corrected chi connectivity index (χ0v) is 16.2. The van der Waals surface area contributed by atoms with Crippen LogP contribution >= 0.6 is 23.2 Å². The molecule has 0 radical (unpaired) electrons. The highest BCUT2D eigenvalue weighted by Crippen LogP contribution is 2.30. The minimum absolute atomic E-state index is 0.0924. The van der Waals surface area contributed by atoms with E-state index in [2.05, 4.69) is 15.5 Å². The molecule has 0 aliphatic carbocycles. The molecule has 0 atom stereocenters. The predicted molar refractivity (Wildman–Crippen MR) is 106 cm³/mol. The van der Waals surface area contributed by atoms with Crippen LogP contribution in [0.25, 0.3) is 11.5 Å². The van der Waals surface area contributed by atoms with Gasteiger partial charge in [-0.05, 0) is 36.4 Å². The van der Waals surface area contributed by atoms with E-state index < -0.39 is 5.91 Å². The number of aromatic nitrogens is 2. The van der Waals surface area contributed by atoms with Crippen molar-refractivity contribution in [1.29, 1.82) is 0 Å². The molecule has 1 saturated heterocycles. The van der Waals surface area contributed by atoms with Gasteiger partial charge in [-0.25, -0.2) is 0 Å². The molecule has 3 aromatic rings. The lowest BCUT2D eigenvalue weighted by atomic mass is 10.2. The second kappa shape index (κ2) is 7.65. The number of anilines is 2. The van der Waals surface area contributed by atoms with Crippen molar-refractivity contribution >= 4 is 52.6 Å². The van der Waals surface area contributed by atoms with Gasteiger partial charge in [0.1, 0.15) is 0 Å². The van der Waals surface area contributed by atoms with Crippen LogP contribution in [0.3, 0.4) is 0 Å². The van der Waals surface area contributed by atoms with Gasteiger partial charge in [-0.2, -0.15) is 0 Å². The molecule has 0 spiro atoms. The van der Waals surface area contributed by atoms with E-state index in [1.54, 1.807) is 30.3 Å². The standard InChI is InChI=1S/C19H12Cl2N4O4/c20-11-4-5-14(21)13(9-11)18-23-24-19(29-18)22-17(28)10-2-1-3-12(8-10)25-15(26)6-7-16(25)27/h1-5,8-9H,6-7H2,(H,22,24,28). The van der Waals surface area contributed by atoms with Gasteiger partial charge in [-0.1, -0.05) is 34.4 Å². The average Bonchev–Trinajstić information content (AvgIpc) is 3.30. The average molecular weight is 431 g/mol. The molecule has 1 aliphatic heterocycles. The van der Waals surface area contributed by atoms with Crippen LogP contribution in [0.4, 0.5) is 11.7 Å². The van der Waals surface area contributed by atoms with Crippen LogP contribution in [-0.4, -0.2) is 27.9 Å². The lowest BCUT2D eigenvalue weighted by Crippen LogP contribution is -2.28. The molecule has 0 bridgehead atoms. The first-order valence-corrected chi connectivity index (χ1v) is 9.24. The van der Waals surface area contributed by atoms with E-state index in [4.69, 9.17) is 27.6 Å². The molecule has 0 unspecified atom stereocenters. The third-order valence-electron chi connectivity index (χ3n) is 4.22. The molecule has 4 rings (SSSR count). The van der Waals surface area contributed by atoms with Crippen molar-refractivity contribution in [2.24, 2.45) is 0 Å².